The van der Waals surface area contributed by atoms with Crippen LogP contribution in [0.4, 0.5) is 0 Å². The molecule has 0 unspecified atom stereocenters. The fourth-order valence-electron chi connectivity index (χ4n) is 7.85. The maximum absolute atomic E-state index is 14.0. The SMILES string of the molecule is C[C@H](NC(=O)[C@H](Cc1ccccc1)NC(=O)[C@H](CO)NC(=O)[C@@H](NC(=O)[C@@H](NC(=O)[C@H](CCCN=C(N)N)NC(=O)[C@@H]1CCCN1C(=O)[C@H](CCCN=C(N)N)NC(=O)CN)[C@@H](C)O)[C@@H](C)O)C(=O)N[C@@H](CCC(=O)O)C(=O)O. The quantitative estimate of drug-likeness (QED) is 0.0173. The number of guanidine groups is 2. The van der Waals surface area contributed by atoms with Gasteiger partial charge in [-0.1, -0.05) is 30.3 Å². The molecule has 32 nitrogen and oxygen atoms in total. The molecule has 1 aliphatic rings. The van der Waals surface area contributed by atoms with Crippen molar-refractivity contribution in [2.45, 2.75) is 145 Å². The molecule has 1 aromatic carbocycles. The van der Waals surface area contributed by atoms with E-state index in [2.05, 4.69) is 52.5 Å². The van der Waals surface area contributed by atoms with Gasteiger partial charge in [-0.05, 0) is 71.3 Å². The number of amides is 9. The van der Waals surface area contributed by atoms with Crippen LogP contribution >= 0.6 is 0 Å². The van der Waals surface area contributed by atoms with E-state index in [1.807, 2.05) is 0 Å². The Morgan fingerprint density at radius 3 is 1.65 bits per heavy atom. The van der Waals surface area contributed by atoms with Crippen molar-refractivity contribution >= 4 is 77.0 Å². The average Bonchev–Trinajstić information content (AvgIpc) is 3.91. The molecule has 32 heteroatoms. The van der Waals surface area contributed by atoms with Gasteiger partial charge >= 0.3 is 11.9 Å². The topological polar surface area (TPSA) is 543 Å². The summed E-state index contributed by atoms with van der Waals surface area (Å²) in [7, 11) is 0. The van der Waals surface area contributed by atoms with Crippen molar-refractivity contribution in [3.63, 3.8) is 0 Å². The number of aliphatic carboxylic acids is 2. The lowest BCUT2D eigenvalue weighted by molar-refractivity contribution is -0.143. The Balaban J connectivity index is 2.31. The minimum Gasteiger partial charge on any atom is -0.481 e. The second-order valence-corrected chi connectivity index (χ2v) is 18.5. The molecule has 2 rings (SSSR count). The highest BCUT2D eigenvalue weighted by Crippen LogP contribution is 2.21. The highest BCUT2D eigenvalue weighted by molar-refractivity contribution is 5.99. The first-order valence-electron chi connectivity index (χ1n) is 25.2. The number of hydrogen-bond donors (Lipinski definition) is 18. The molecule has 9 amide bonds. The Morgan fingerprint density at radius 2 is 1.13 bits per heavy atom. The first-order valence-corrected chi connectivity index (χ1v) is 25.2. The number of rotatable bonds is 34. The van der Waals surface area contributed by atoms with Gasteiger partial charge in [0.1, 0.15) is 54.4 Å². The number of nitrogens with zero attached hydrogens (tertiary/aromatic N) is 3. The molecule has 440 valence electrons. The van der Waals surface area contributed by atoms with E-state index in [1.54, 1.807) is 30.3 Å². The van der Waals surface area contributed by atoms with E-state index in [0.29, 0.717) is 12.0 Å². The van der Waals surface area contributed by atoms with Crippen molar-refractivity contribution in [3.8, 4) is 0 Å². The van der Waals surface area contributed by atoms with Crippen LogP contribution in [-0.4, -0.2) is 207 Å². The summed E-state index contributed by atoms with van der Waals surface area (Å²) in [5, 5.41) is 68.9. The molecule has 79 heavy (non-hydrogen) atoms. The first-order chi connectivity index (χ1) is 37.2. The lowest BCUT2D eigenvalue weighted by atomic mass is 10.0. The normalized spacial score (nSPS) is 16.6. The Hall–Kier alpha value is -8.23. The van der Waals surface area contributed by atoms with Crippen LogP contribution in [0.2, 0.25) is 0 Å². The summed E-state index contributed by atoms with van der Waals surface area (Å²) in [6, 6.07) is -5.96. The predicted octanol–water partition coefficient (Wildman–Crippen LogP) is -8.11. The number of benzene rings is 1. The fourth-order valence-corrected chi connectivity index (χ4v) is 7.85. The van der Waals surface area contributed by atoms with Crippen molar-refractivity contribution in [2.75, 3.05) is 32.8 Å². The van der Waals surface area contributed by atoms with E-state index >= 15 is 0 Å². The van der Waals surface area contributed by atoms with Gasteiger partial charge in [0, 0.05) is 32.5 Å². The zero-order valence-electron chi connectivity index (χ0n) is 44.1. The second-order valence-electron chi connectivity index (χ2n) is 18.5. The Bertz CT molecular complexity index is 2330. The molecular weight excluding hydrogens is 1040 g/mol. The van der Waals surface area contributed by atoms with Crippen molar-refractivity contribution in [1.82, 2.24) is 47.4 Å². The lowest BCUT2D eigenvalue weighted by Crippen LogP contribution is -2.63. The third-order valence-corrected chi connectivity index (χ3v) is 12.1. The second kappa shape index (κ2) is 33.8. The van der Waals surface area contributed by atoms with Gasteiger partial charge in [0.25, 0.3) is 0 Å². The highest BCUT2D eigenvalue weighted by Gasteiger charge is 2.40. The summed E-state index contributed by atoms with van der Waals surface area (Å²) in [5.41, 5.74) is 27.7. The van der Waals surface area contributed by atoms with Crippen molar-refractivity contribution in [2.24, 2.45) is 38.7 Å². The van der Waals surface area contributed by atoms with Gasteiger partial charge in [0.2, 0.25) is 53.2 Å². The maximum atomic E-state index is 14.0. The van der Waals surface area contributed by atoms with Crippen molar-refractivity contribution in [3.05, 3.63) is 35.9 Å². The van der Waals surface area contributed by atoms with Crippen molar-refractivity contribution in [1.29, 1.82) is 0 Å². The van der Waals surface area contributed by atoms with Crippen molar-refractivity contribution < 1.29 is 78.3 Å². The Morgan fingerprint density at radius 1 is 0.620 bits per heavy atom. The Labute approximate surface area is 454 Å². The van der Waals surface area contributed by atoms with Crippen LogP contribution in [0.1, 0.15) is 77.7 Å². The number of nitrogens with two attached hydrogens (primary N) is 5. The van der Waals surface area contributed by atoms with Crippen LogP contribution in [0.5, 0.6) is 0 Å². The molecule has 1 aliphatic heterocycles. The molecule has 23 N–H and O–H groups in total. The van der Waals surface area contributed by atoms with Crippen LogP contribution in [-0.2, 0) is 59.2 Å². The van der Waals surface area contributed by atoms with Gasteiger partial charge in [-0.15, -0.1) is 0 Å². The molecule has 1 aromatic rings. The molecule has 0 saturated carbocycles. The monoisotopic (exact) mass is 1120 g/mol. The van der Waals surface area contributed by atoms with E-state index < -0.39 is 158 Å². The van der Waals surface area contributed by atoms with E-state index in [-0.39, 0.29) is 70.1 Å². The zero-order valence-corrected chi connectivity index (χ0v) is 44.1. The number of nitrogens with one attached hydrogen (secondary N) is 8. The number of hydrogen-bond acceptors (Lipinski definition) is 17. The van der Waals surface area contributed by atoms with Gasteiger partial charge in [-0.25, -0.2) is 4.79 Å². The molecule has 11 atom stereocenters. The summed E-state index contributed by atoms with van der Waals surface area (Å²) in [4.78, 5) is 154. The molecule has 0 aliphatic carbocycles. The Kier molecular flexibility index (Phi) is 28.6. The first kappa shape index (κ1) is 66.9. The number of aliphatic imine (C=N–C) groups is 2. The van der Waals surface area contributed by atoms with Gasteiger partial charge in [-0.2, -0.15) is 0 Å². The largest absolute Gasteiger partial charge is 0.481 e. The summed E-state index contributed by atoms with van der Waals surface area (Å²) in [6.45, 7) is 2.00. The number of likely N-dealkylation sites (tertiary alicyclic amines) is 1. The standard InChI is InChI=1S/C47H76N16O16/c1-23(37(70)58-29(45(78)79)15-16-34(68)69)55-39(72)30(20-26-10-5-4-6-11-26)59-40(73)31(22-64)60-42(75)35(24(2)65)62-43(76)36(25(3)66)61-38(71)27(12-7-17-53-46(49)50)57-41(74)32-14-9-19-63(32)44(77)28(56-33(67)21-48)13-8-18-54-47(51)52/h4-6,10-11,23-25,27-32,35-36,64-66H,7-9,12-22,48H2,1-3H3,(H,55,72)(H,56,67)(H,57,74)(H,58,70)(H,59,73)(H,60,75)(H,61,71)(H,62,76)(H,68,69)(H,78,79)(H4,49,50,53)(H4,51,52,54)/t23-,24+,25+,27-,28-,29-,30-,31-,32-,35-,36-/m0/s1. The number of carboxylic acid groups (broad SMARTS) is 2. The minimum atomic E-state index is -1.95. The summed E-state index contributed by atoms with van der Waals surface area (Å²) < 4.78 is 0. The molecule has 0 bridgehead atoms. The van der Waals surface area contributed by atoms with Gasteiger partial charge in [0.15, 0.2) is 11.9 Å². The highest BCUT2D eigenvalue weighted by atomic mass is 16.4. The number of aliphatic hydroxyl groups is 3. The average molecular weight is 1120 g/mol. The summed E-state index contributed by atoms with van der Waals surface area (Å²) in [5.74, 6) is -12.1. The summed E-state index contributed by atoms with van der Waals surface area (Å²) >= 11 is 0. The van der Waals surface area contributed by atoms with Gasteiger partial charge in [0.05, 0.1) is 25.4 Å². The number of carboxylic acids is 2. The zero-order chi connectivity index (χ0) is 59.5. The van der Waals surface area contributed by atoms with Crippen LogP contribution in [0.15, 0.2) is 40.3 Å². The summed E-state index contributed by atoms with van der Waals surface area (Å²) in [6.07, 6.45) is -4.03. The molecule has 1 heterocycles. The molecule has 1 fully saturated rings. The van der Waals surface area contributed by atoms with E-state index in [4.69, 9.17) is 33.8 Å². The van der Waals surface area contributed by atoms with E-state index in [0.717, 1.165) is 13.8 Å². The molecular formula is C47H76N16O16. The number of aliphatic hydroxyl groups excluding tert-OH is 3. The number of carbonyl (C=O) groups excluding carboxylic acids is 9. The predicted molar refractivity (Wildman–Crippen MR) is 280 cm³/mol. The van der Waals surface area contributed by atoms with Gasteiger partial charge in [-0.3, -0.25) is 57.9 Å². The van der Waals surface area contributed by atoms with Crippen LogP contribution in [0, 0.1) is 0 Å². The molecule has 1 saturated heterocycles. The van der Waals surface area contributed by atoms with Crippen LogP contribution in [0.25, 0.3) is 0 Å². The maximum Gasteiger partial charge on any atom is 0.326 e. The van der Waals surface area contributed by atoms with Crippen LogP contribution in [0.3, 0.4) is 0 Å². The van der Waals surface area contributed by atoms with E-state index in [1.165, 1.54) is 11.8 Å². The number of carbonyl (C=O) groups is 11. The molecule has 0 radical (unpaired) electrons. The molecule has 0 aromatic heterocycles. The third kappa shape index (κ3) is 23.5. The van der Waals surface area contributed by atoms with E-state index in [9.17, 15) is 73.2 Å². The minimum absolute atomic E-state index is 0.0229. The lowest BCUT2D eigenvalue weighted by Gasteiger charge is -2.31. The van der Waals surface area contributed by atoms with Crippen LogP contribution < -0.4 is 71.2 Å². The van der Waals surface area contributed by atoms with Gasteiger partial charge < -0.3 is 102 Å². The molecule has 0 spiro atoms. The smallest absolute Gasteiger partial charge is 0.326 e. The fraction of sp³-hybridized carbons (Fsp3) is 0.596. The third-order valence-electron chi connectivity index (χ3n) is 12.1.